The van der Waals surface area contributed by atoms with Crippen LogP contribution in [-0.2, 0) is 7.05 Å². The highest BCUT2D eigenvalue weighted by Gasteiger charge is 2.16. The van der Waals surface area contributed by atoms with Crippen LogP contribution in [0.2, 0.25) is 0 Å². The van der Waals surface area contributed by atoms with E-state index in [-0.39, 0.29) is 5.91 Å². The number of aryl methyl sites for hydroxylation is 1. The molecule has 3 heterocycles. The maximum Gasteiger partial charge on any atom is 0.272 e. The van der Waals surface area contributed by atoms with E-state index in [0.29, 0.717) is 15.9 Å². The van der Waals surface area contributed by atoms with E-state index >= 15 is 0 Å². The molecule has 0 fully saturated rings. The number of imidazole rings is 1. The Morgan fingerprint density at radius 3 is 2.75 bits per heavy atom. The molecule has 0 spiro atoms. The summed E-state index contributed by atoms with van der Waals surface area (Å²) in [6.07, 6.45) is 3.39. The Hall–Kier alpha value is -2.80. The number of aromatic amines is 1. The molecule has 0 aliphatic carbocycles. The quantitative estimate of drug-likeness (QED) is 0.556. The molecular formula is C17H13BrN4O2. The minimum atomic E-state index is -0.186. The Bertz CT molecular complexity index is 1010. The topological polar surface area (TPSA) is 75.8 Å². The van der Waals surface area contributed by atoms with Crippen molar-refractivity contribution in [3.05, 3.63) is 59.3 Å². The Labute approximate surface area is 145 Å². The number of nitrogens with one attached hydrogen (secondary N) is 2. The standard InChI is InChI=1S/C17H13BrN4O2/c1-22-13-7-16(18)24-15(13)6-14(22)17(23)21-11-4-2-10(3-5-11)12-8-19-9-20-12/h2-9H,1H3,(H,19,20)(H,21,23). The van der Waals surface area contributed by atoms with Gasteiger partial charge in [0.1, 0.15) is 5.69 Å². The van der Waals surface area contributed by atoms with Gasteiger partial charge in [-0.3, -0.25) is 4.79 Å². The summed E-state index contributed by atoms with van der Waals surface area (Å²) in [4.78, 5) is 19.5. The molecule has 0 bridgehead atoms. The van der Waals surface area contributed by atoms with Gasteiger partial charge in [0, 0.05) is 24.9 Å². The molecule has 0 radical (unpaired) electrons. The Morgan fingerprint density at radius 1 is 1.29 bits per heavy atom. The molecule has 0 aliphatic heterocycles. The SMILES string of the molecule is Cn1c(C(=O)Nc2ccc(-c3cnc[nH]3)cc2)cc2oc(Br)cc21. The van der Waals surface area contributed by atoms with Crippen LogP contribution in [-0.4, -0.2) is 20.4 Å². The van der Waals surface area contributed by atoms with Crippen molar-refractivity contribution in [2.75, 3.05) is 5.32 Å². The fourth-order valence-corrected chi connectivity index (χ4v) is 3.03. The highest BCUT2D eigenvalue weighted by molar-refractivity contribution is 9.10. The highest BCUT2D eigenvalue weighted by atomic mass is 79.9. The summed E-state index contributed by atoms with van der Waals surface area (Å²) in [6, 6.07) is 11.1. The Balaban J connectivity index is 1.56. The number of carbonyl (C=O) groups excluding carboxylic acids is 1. The number of anilines is 1. The van der Waals surface area contributed by atoms with E-state index in [1.54, 1.807) is 23.2 Å². The molecule has 3 aromatic heterocycles. The largest absolute Gasteiger partial charge is 0.448 e. The average Bonchev–Trinajstić information content (AvgIpc) is 3.27. The van der Waals surface area contributed by atoms with Crippen molar-refractivity contribution in [2.24, 2.45) is 7.05 Å². The summed E-state index contributed by atoms with van der Waals surface area (Å²) in [5.74, 6) is -0.186. The molecule has 0 atom stereocenters. The molecule has 4 aromatic rings. The summed E-state index contributed by atoms with van der Waals surface area (Å²) in [5, 5.41) is 2.90. The molecule has 4 rings (SSSR count). The van der Waals surface area contributed by atoms with Gasteiger partial charge in [-0.15, -0.1) is 0 Å². The highest BCUT2D eigenvalue weighted by Crippen LogP contribution is 2.26. The summed E-state index contributed by atoms with van der Waals surface area (Å²) in [6.45, 7) is 0. The number of rotatable bonds is 3. The van der Waals surface area contributed by atoms with Gasteiger partial charge in [0.2, 0.25) is 0 Å². The number of hydrogen-bond donors (Lipinski definition) is 2. The zero-order valence-corrected chi connectivity index (χ0v) is 14.3. The van der Waals surface area contributed by atoms with E-state index in [1.165, 1.54) is 0 Å². The Kier molecular flexibility index (Phi) is 3.50. The first-order valence-corrected chi connectivity index (χ1v) is 8.06. The number of furan rings is 1. The fourth-order valence-electron chi connectivity index (χ4n) is 2.64. The summed E-state index contributed by atoms with van der Waals surface area (Å²) < 4.78 is 7.94. The van der Waals surface area contributed by atoms with Crippen LogP contribution >= 0.6 is 15.9 Å². The number of halogens is 1. The summed E-state index contributed by atoms with van der Waals surface area (Å²) in [5.41, 5.74) is 4.73. The number of aromatic nitrogens is 3. The lowest BCUT2D eigenvalue weighted by Gasteiger charge is -2.07. The third-order valence-corrected chi connectivity index (χ3v) is 4.28. The predicted octanol–water partition coefficient (Wildman–Crippen LogP) is 4.18. The van der Waals surface area contributed by atoms with Crippen molar-refractivity contribution in [1.29, 1.82) is 0 Å². The number of carbonyl (C=O) groups is 1. The van der Waals surface area contributed by atoms with Gasteiger partial charge in [-0.25, -0.2) is 4.98 Å². The summed E-state index contributed by atoms with van der Waals surface area (Å²) >= 11 is 3.29. The number of H-pyrrole nitrogens is 1. The third-order valence-electron chi connectivity index (χ3n) is 3.89. The molecule has 7 heteroatoms. The smallest absolute Gasteiger partial charge is 0.272 e. The monoisotopic (exact) mass is 384 g/mol. The molecule has 6 nitrogen and oxygen atoms in total. The van der Waals surface area contributed by atoms with E-state index in [1.807, 2.05) is 37.4 Å². The minimum absolute atomic E-state index is 0.186. The van der Waals surface area contributed by atoms with Gasteiger partial charge in [-0.05, 0) is 33.6 Å². The maximum atomic E-state index is 12.5. The van der Waals surface area contributed by atoms with Crippen molar-refractivity contribution in [2.45, 2.75) is 0 Å². The number of benzene rings is 1. The normalized spacial score (nSPS) is 11.1. The van der Waals surface area contributed by atoms with Gasteiger partial charge in [0.25, 0.3) is 5.91 Å². The van der Waals surface area contributed by atoms with Gasteiger partial charge >= 0.3 is 0 Å². The van der Waals surface area contributed by atoms with Crippen molar-refractivity contribution in [1.82, 2.24) is 14.5 Å². The van der Waals surface area contributed by atoms with Crippen LogP contribution in [0.15, 0.2) is 58.0 Å². The van der Waals surface area contributed by atoms with Gasteiger partial charge < -0.3 is 19.3 Å². The van der Waals surface area contributed by atoms with Crippen LogP contribution in [0.5, 0.6) is 0 Å². The lowest BCUT2D eigenvalue weighted by molar-refractivity contribution is 0.101. The van der Waals surface area contributed by atoms with Crippen LogP contribution in [0, 0.1) is 0 Å². The average molecular weight is 385 g/mol. The summed E-state index contributed by atoms with van der Waals surface area (Å²) in [7, 11) is 1.83. The second kappa shape index (κ2) is 5.68. The molecule has 0 aliphatic rings. The number of hydrogen-bond acceptors (Lipinski definition) is 3. The van der Waals surface area contributed by atoms with Crippen molar-refractivity contribution in [3.63, 3.8) is 0 Å². The van der Waals surface area contributed by atoms with Crippen LogP contribution in [0.4, 0.5) is 5.69 Å². The fraction of sp³-hybridized carbons (Fsp3) is 0.0588. The van der Waals surface area contributed by atoms with E-state index in [4.69, 9.17) is 4.42 Å². The van der Waals surface area contributed by atoms with Gasteiger partial charge in [0.15, 0.2) is 10.3 Å². The zero-order chi connectivity index (χ0) is 16.7. The first kappa shape index (κ1) is 14.8. The van der Waals surface area contributed by atoms with Crippen LogP contribution < -0.4 is 5.32 Å². The number of amides is 1. The molecular weight excluding hydrogens is 372 g/mol. The second-order valence-electron chi connectivity index (χ2n) is 5.39. The van der Waals surface area contributed by atoms with Gasteiger partial charge in [0.05, 0.1) is 23.7 Å². The third kappa shape index (κ3) is 2.52. The zero-order valence-electron chi connectivity index (χ0n) is 12.7. The Morgan fingerprint density at radius 2 is 2.08 bits per heavy atom. The van der Waals surface area contributed by atoms with Crippen molar-refractivity contribution >= 4 is 38.6 Å². The number of fused-ring (bicyclic) bond motifs is 1. The van der Waals surface area contributed by atoms with Gasteiger partial charge in [-0.2, -0.15) is 0 Å². The van der Waals surface area contributed by atoms with Crippen molar-refractivity contribution in [3.8, 4) is 11.3 Å². The molecule has 0 saturated heterocycles. The molecule has 1 amide bonds. The molecule has 24 heavy (non-hydrogen) atoms. The van der Waals surface area contributed by atoms with E-state index in [0.717, 1.165) is 22.5 Å². The first-order valence-electron chi connectivity index (χ1n) is 7.27. The molecule has 1 aromatic carbocycles. The molecule has 0 unspecified atom stereocenters. The molecule has 120 valence electrons. The van der Waals surface area contributed by atoms with Gasteiger partial charge in [-0.1, -0.05) is 12.1 Å². The van der Waals surface area contributed by atoms with E-state index in [9.17, 15) is 4.79 Å². The predicted molar refractivity (Wildman–Crippen MR) is 94.9 cm³/mol. The number of nitrogens with zero attached hydrogens (tertiary/aromatic N) is 2. The minimum Gasteiger partial charge on any atom is -0.448 e. The lowest BCUT2D eigenvalue weighted by atomic mass is 10.1. The van der Waals surface area contributed by atoms with Crippen molar-refractivity contribution < 1.29 is 9.21 Å². The van der Waals surface area contributed by atoms with Crippen LogP contribution in [0.1, 0.15) is 10.5 Å². The van der Waals surface area contributed by atoms with Crippen LogP contribution in [0.3, 0.4) is 0 Å². The molecule has 0 saturated carbocycles. The van der Waals surface area contributed by atoms with E-state index < -0.39 is 0 Å². The van der Waals surface area contributed by atoms with E-state index in [2.05, 4.69) is 31.2 Å². The second-order valence-corrected chi connectivity index (χ2v) is 6.17. The van der Waals surface area contributed by atoms with Crippen LogP contribution in [0.25, 0.3) is 22.4 Å². The lowest BCUT2D eigenvalue weighted by Crippen LogP contribution is -2.15. The maximum absolute atomic E-state index is 12.5. The molecule has 2 N–H and O–H groups in total. The first-order chi connectivity index (χ1) is 11.6.